The zero-order valence-corrected chi connectivity index (χ0v) is 17.3. The highest BCUT2D eigenvalue weighted by Gasteiger charge is 2.28. The van der Waals surface area contributed by atoms with E-state index in [1.165, 1.54) is 11.3 Å². The third-order valence-electron chi connectivity index (χ3n) is 4.92. The third kappa shape index (κ3) is 3.04. The average Bonchev–Trinajstić information content (AvgIpc) is 3.44. The van der Waals surface area contributed by atoms with E-state index in [4.69, 9.17) is 15.6 Å². The van der Waals surface area contributed by atoms with Gasteiger partial charge < -0.3 is 15.4 Å². The summed E-state index contributed by atoms with van der Waals surface area (Å²) in [4.78, 5) is 15.5. The van der Waals surface area contributed by atoms with Crippen molar-refractivity contribution < 1.29 is 9.53 Å². The van der Waals surface area contributed by atoms with Crippen molar-refractivity contribution in [2.75, 3.05) is 23.8 Å². The Hall–Kier alpha value is -2.98. The summed E-state index contributed by atoms with van der Waals surface area (Å²) in [6, 6.07) is 5.89. The fraction of sp³-hybridized carbons (Fsp3) is 0.263. The van der Waals surface area contributed by atoms with Gasteiger partial charge >= 0.3 is 5.97 Å². The van der Waals surface area contributed by atoms with Crippen molar-refractivity contribution in [1.82, 2.24) is 19.8 Å². The molecule has 0 unspecified atom stereocenters. The second-order valence-electron chi connectivity index (χ2n) is 6.63. The van der Waals surface area contributed by atoms with E-state index in [0.717, 1.165) is 40.6 Å². The first-order valence-electron chi connectivity index (χ1n) is 9.22. The van der Waals surface area contributed by atoms with Crippen molar-refractivity contribution in [2.45, 2.75) is 19.9 Å². The quantitative estimate of drug-likeness (QED) is 0.500. The summed E-state index contributed by atoms with van der Waals surface area (Å²) in [5, 5.41) is 17.9. The molecule has 5 heterocycles. The number of nitrogens with two attached hydrogens (primary N) is 1. The fourth-order valence-electron chi connectivity index (χ4n) is 3.57. The Morgan fingerprint density at radius 2 is 2.21 bits per heavy atom. The van der Waals surface area contributed by atoms with E-state index in [9.17, 15) is 4.79 Å². The maximum absolute atomic E-state index is 12.3. The number of thiophene rings is 2. The Bertz CT molecular complexity index is 1200. The summed E-state index contributed by atoms with van der Waals surface area (Å²) in [5.41, 5.74) is 9.38. The Kier molecular flexibility index (Phi) is 4.44. The number of aromatic nitrogens is 4. The first-order chi connectivity index (χ1) is 14.2. The van der Waals surface area contributed by atoms with Gasteiger partial charge in [0.1, 0.15) is 10.8 Å². The van der Waals surface area contributed by atoms with Crippen molar-refractivity contribution in [3.8, 4) is 11.4 Å². The third-order valence-corrected chi connectivity index (χ3v) is 6.64. The van der Waals surface area contributed by atoms with Crippen LogP contribution in [-0.2, 0) is 17.7 Å². The normalized spacial score (nSPS) is 13.6. The largest absolute Gasteiger partial charge is 0.462 e. The van der Waals surface area contributed by atoms with Crippen LogP contribution in [0.3, 0.4) is 0 Å². The highest BCUT2D eigenvalue weighted by atomic mass is 32.1. The SMILES string of the molecule is CCOC(=O)c1c(N)sc2c1CCN(c1ccc3nnc(-c4ccsc4)n3n1)C2. The number of ether oxygens (including phenoxy) is 1. The van der Waals surface area contributed by atoms with E-state index in [2.05, 4.69) is 15.1 Å². The lowest BCUT2D eigenvalue weighted by Crippen LogP contribution is -2.31. The molecule has 4 aromatic rings. The summed E-state index contributed by atoms with van der Waals surface area (Å²) < 4.78 is 6.96. The van der Waals surface area contributed by atoms with Crippen molar-refractivity contribution in [3.63, 3.8) is 0 Å². The molecule has 29 heavy (non-hydrogen) atoms. The van der Waals surface area contributed by atoms with E-state index >= 15 is 0 Å². The maximum atomic E-state index is 12.3. The molecule has 0 amide bonds. The number of hydrogen-bond donors (Lipinski definition) is 1. The van der Waals surface area contributed by atoms with Gasteiger partial charge in [0.25, 0.3) is 0 Å². The molecule has 0 atom stereocenters. The van der Waals surface area contributed by atoms with Crippen LogP contribution in [0.4, 0.5) is 10.8 Å². The van der Waals surface area contributed by atoms with Crippen LogP contribution >= 0.6 is 22.7 Å². The Morgan fingerprint density at radius 3 is 3.00 bits per heavy atom. The fourth-order valence-corrected chi connectivity index (χ4v) is 5.32. The molecule has 2 N–H and O–H groups in total. The number of carbonyl (C=O) groups excluding carboxylic acids is 1. The molecule has 0 saturated heterocycles. The lowest BCUT2D eigenvalue weighted by Gasteiger charge is -2.28. The number of anilines is 2. The molecule has 1 aliphatic rings. The molecule has 148 valence electrons. The number of rotatable bonds is 4. The van der Waals surface area contributed by atoms with Gasteiger partial charge in [-0.3, -0.25) is 0 Å². The molecule has 4 aromatic heterocycles. The van der Waals surface area contributed by atoms with Crippen LogP contribution in [0.5, 0.6) is 0 Å². The molecule has 1 aliphatic heterocycles. The van der Waals surface area contributed by atoms with Crippen molar-refractivity contribution in [2.24, 2.45) is 0 Å². The lowest BCUT2D eigenvalue weighted by atomic mass is 10.0. The van der Waals surface area contributed by atoms with Crippen LogP contribution < -0.4 is 10.6 Å². The minimum atomic E-state index is -0.333. The van der Waals surface area contributed by atoms with Crippen molar-refractivity contribution in [1.29, 1.82) is 0 Å². The van der Waals surface area contributed by atoms with Gasteiger partial charge in [-0.15, -0.1) is 26.6 Å². The number of fused-ring (bicyclic) bond motifs is 2. The van der Waals surface area contributed by atoms with Crippen LogP contribution in [0, 0.1) is 0 Å². The van der Waals surface area contributed by atoms with Crippen LogP contribution in [0.1, 0.15) is 27.7 Å². The van der Waals surface area contributed by atoms with E-state index in [1.54, 1.807) is 22.8 Å². The Morgan fingerprint density at radius 1 is 1.31 bits per heavy atom. The van der Waals surface area contributed by atoms with E-state index in [0.29, 0.717) is 29.4 Å². The number of nitrogens with zero attached hydrogens (tertiary/aromatic N) is 5. The molecule has 10 heteroatoms. The molecule has 0 bridgehead atoms. The van der Waals surface area contributed by atoms with Crippen LogP contribution in [-0.4, -0.2) is 38.9 Å². The second-order valence-corrected chi connectivity index (χ2v) is 8.55. The number of esters is 1. The van der Waals surface area contributed by atoms with Gasteiger partial charge in [0.2, 0.25) is 0 Å². The average molecular weight is 427 g/mol. The summed E-state index contributed by atoms with van der Waals surface area (Å²) in [5.74, 6) is 1.23. The van der Waals surface area contributed by atoms with Crippen LogP contribution in [0.15, 0.2) is 29.0 Å². The minimum absolute atomic E-state index is 0.333. The number of nitrogen functional groups attached to an aromatic ring is 1. The molecule has 0 saturated carbocycles. The highest BCUT2D eigenvalue weighted by molar-refractivity contribution is 7.16. The van der Waals surface area contributed by atoms with Crippen molar-refractivity contribution >= 4 is 45.1 Å². The molecule has 5 rings (SSSR count). The molecule has 8 nitrogen and oxygen atoms in total. The first-order valence-corrected chi connectivity index (χ1v) is 11.0. The monoisotopic (exact) mass is 426 g/mol. The number of hydrogen-bond acceptors (Lipinski definition) is 9. The minimum Gasteiger partial charge on any atom is -0.462 e. The van der Waals surface area contributed by atoms with Crippen LogP contribution in [0.25, 0.3) is 17.0 Å². The molecule has 0 aliphatic carbocycles. The maximum Gasteiger partial charge on any atom is 0.341 e. The zero-order chi connectivity index (χ0) is 20.0. The Labute approximate surface area is 174 Å². The topological polar surface area (TPSA) is 98.6 Å². The van der Waals surface area contributed by atoms with Gasteiger partial charge in [0, 0.05) is 22.4 Å². The summed E-state index contributed by atoms with van der Waals surface area (Å²) in [6.07, 6.45) is 0.719. The predicted molar refractivity (Wildman–Crippen MR) is 114 cm³/mol. The molecule has 0 fully saturated rings. The summed E-state index contributed by atoms with van der Waals surface area (Å²) in [6.45, 7) is 3.53. The predicted octanol–water partition coefficient (Wildman–Crippen LogP) is 3.24. The molecule has 0 radical (unpaired) electrons. The van der Waals surface area contributed by atoms with E-state index in [1.807, 2.05) is 29.0 Å². The van der Waals surface area contributed by atoms with Crippen molar-refractivity contribution in [3.05, 3.63) is 45.0 Å². The highest BCUT2D eigenvalue weighted by Crippen LogP contribution is 2.36. The van der Waals surface area contributed by atoms with Gasteiger partial charge in [0.15, 0.2) is 11.5 Å². The molecular weight excluding hydrogens is 408 g/mol. The van der Waals surface area contributed by atoms with Gasteiger partial charge in [-0.05, 0) is 42.5 Å². The lowest BCUT2D eigenvalue weighted by molar-refractivity contribution is 0.0526. The summed E-state index contributed by atoms with van der Waals surface area (Å²) in [7, 11) is 0. The number of carbonyl (C=O) groups is 1. The van der Waals surface area contributed by atoms with Gasteiger partial charge in [-0.2, -0.15) is 15.9 Å². The van der Waals surface area contributed by atoms with Gasteiger partial charge in [0.05, 0.1) is 18.7 Å². The van der Waals surface area contributed by atoms with Gasteiger partial charge in [-0.1, -0.05) is 0 Å². The van der Waals surface area contributed by atoms with E-state index in [-0.39, 0.29) is 5.97 Å². The summed E-state index contributed by atoms with van der Waals surface area (Å²) >= 11 is 3.07. The van der Waals surface area contributed by atoms with E-state index < -0.39 is 0 Å². The zero-order valence-electron chi connectivity index (χ0n) is 15.7. The first kappa shape index (κ1) is 18.1. The standard InChI is InChI=1S/C19H18N6O2S2/c1-2-27-19(26)16-12-5-7-24(9-13(12)29-17(16)20)15-4-3-14-21-22-18(25(14)23-15)11-6-8-28-10-11/h3-4,6,8,10H,2,5,7,9,20H2,1H3. The second kappa shape index (κ2) is 7.12. The molecule has 0 spiro atoms. The molecule has 0 aromatic carbocycles. The van der Waals surface area contributed by atoms with Crippen LogP contribution in [0.2, 0.25) is 0 Å². The molecular formula is C19H18N6O2S2. The van der Waals surface area contributed by atoms with Gasteiger partial charge in [-0.25, -0.2) is 4.79 Å². The smallest absolute Gasteiger partial charge is 0.341 e. The Balaban J connectivity index is 1.48.